The highest BCUT2D eigenvalue weighted by atomic mass is 16.3. The first-order valence-electron chi connectivity index (χ1n) is 6.20. The number of hydrogen-bond donors (Lipinski definition) is 3. The van der Waals surface area contributed by atoms with Gasteiger partial charge in [-0.2, -0.15) is 0 Å². The van der Waals surface area contributed by atoms with Crippen LogP contribution in [0, 0.1) is 5.92 Å². The van der Waals surface area contributed by atoms with E-state index in [1.165, 1.54) is 0 Å². The molecule has 1 rings (SSSR count). The van der Waals surface area contributed by atoms with Gasteiger partial charge in [0, 0.05) is 5.56 Å². The monoisotopic (exact) mass is 251 g/mol. The van der Waals surface area contributed by atoms with Crippen molar-refractivity contribution in [3.05, 3.63) is 29.8 Å². The SMILES string of the molecule is CC(C)CC(CO)NC(=O)Cc1ccccc1O. The number of carbonyl (C=O) groups is 1. The molecule has 0 aliphatic rings. The van der Waals surface area contributed by atoms with Gasteiger partial charge in [0.2, 0.25) is 5.91 Å². The van der Waals surface area contributed by atoms with Crippen LogP contribution in [0.2, 0.25) is 0 Å². The molecule has 0 bridgehead atoms. The second-order valence-corrected chi connectivity index (χ2v) is 4.88. The molecule has 4 heteroatoms. The summed E-state index contributed by atoms with van der Waals surface area (Å²) < 4.78 is 0. The van der Waals surface area contributed by atoms with Gasteiger partial charge >= 0.3 is 0 Å². The summed E-state index contributed by atoms with van der Waals surface area (Å²) in [6.45, 7) is 4.01. The van der Waals surface area contributed by atoms with Crippen molar-refractivity contribution in [1.29, 1.82) is 0 Å². The largest absolute Gasteiger partial charge is 0.508 e. The lowest BCUT2D eigenvalue weighted by molar-refractivity contribution is -0.121. The molecular weight excluding hydrogens is 230 g/mol. The van der Waals surface area contributed by atoms with Crippen LogP contribution in [0.15, 0.2) is 24.3 Å². The first-order valence-corrected chi connectivity index (χ1v) is 6.20. The number of benzene rings is 1. The molecule has 0 aliphatic carbocycles. The maximum absolute atomic E-state index is 11.8. The zero-order valence-corrected chi connectivity index (χ0v) is 10.9. The number of para-hydroxylation sites is 1. The Balaban J connectivity index is 2.53. The lowest BCUT2D eigenvalue weighted by Crippen LogP contribution is -2.39. The Hall–Kier alpha value is -1.55. The number of phenolic OH excluding ortho intramolecular Hbond substituents is 1. The summed E-state index contributed by atoms with van der Waals surface area (Å²) >= 11 is 0. The molecule has 100 valence electrons. The van der Waals surface area contributed by atoms with Crippen molar-refractivity contribution in [2.75, 3.05) is 6.61 Å². The predicted molar refractivity (Wildman–Crippen MR) is 70.3 cm³/mol. The first kappa shape index (κ1) is 14.5. The van der Waals surface area contributed by atoms with Crippen LogP contribution in [-0.4, -0.2) is 28.8 Å². The normalized spacial score (nSPS) is 12.4. The van der Waals surface area contributed by atoms with E-state index in [1.807, 2.05) is 13.8 Å². The summed E-state index contributed by atoms with van der Waals surface area (Å²) in [5.41, 5.74) is 0.594. The van der Waals surface area contributed by atoms with Gasteiger partial charge in [-0.25, -0.2) is 0 Å². The van der Waals surface area contributed by atoms with E-state index in [-0.39, 0.29) is 30.7 Å². The molecule has 0 aliphatic heterocycles. The zero-order valence-electron chi connectivity index (χ0n) is 10.9. The Morgan fingerprint density at radius 2 is 2.00 bits per heavy atom. The first-order chi connectivity index (χ1) is 8.52. The topological polar surface area (TPSA) is 69.6 Å². The highest BCUT2D eigenvalue weighted by Crippen LogP contribution is 2.16. The fourth-order valence-corrected chi connectivity index (χ4v) is 1.86. The van der Waals surface area contributed by atoms with Crippen molar-refractivity contribution < 1.29 is 15.0 Å². The van der Waals surface area contributed by atoms with Crippen molar-refractivity contribution >= 4 is 5.91 Å². The van der Waals surface area contributed by atoms with Crippen LogP contribution in [0.4, 0.5) is 0 Å². The Morgan fingerprint density at radius 3 is 2.56 bits per heavy atom. The molecule has 0 radical (unpaired) electrons. The van der Waals surface area contributed by atoms with E-state index < -0.39 is 0 Å². The minimum atomic E-state index is -0.219. The van der Waals surface area contributed by atoms with E-state index in [9.17, 15) is 15.0 Å². The van der Waals surface area contributed by atoms with Crippen molar-refractivity contribution in [3.8, 4) is 5.75 Å². The van der Waals surface area contributed by atoms with Gasteiger partial charge < -0.3 is 15.5 Å². The average molecular weight is 251 g/mol. The second kappa shape index (κ2) is 7.01. The maximum Gasteiger partial charge on any atom is 0.224 e. The summed E-state index contributed by atoms with van der Waals surface area (Å²) in [6.07, 6.45) is 0.865. The van der Waals surface area contributed by atoms with Crippen molar-refractivity contribution in [2.24, 2.45) is 5.92 Å². The number of hydrogen-bond acceptors (Lipinski definition) is 3. The Bertz CT molecular complexity index is 390. The molecule has 0 spiro atoms. The molecule has 1 aromatic carbocycles. The summed E-state index contributed by atoms with van der Waals surface area (Å²) in [7, 11) is 0. The smallest absolute Gasteiger partial charge is 0.224 e. The molecule has 3 N–H and O–H groups in total. The Labute approximate surface area is 108 Å². The van der Waals surface area contributed by atoms with Gasteiger partial charge in [0.25, 0.3) is 0 Å². The lowest BCUT2D eigenvalue weighted by Gasteiger charge is -2.18. The molecule has 0 fully saturated rings. The molecule has 0 saturated carbocycles. The van der Waals surface area contributed by atoms with Gasteiger partial charge in [0.05, 0.1) is 19.1 Å². The maximum atomic E-state index is 11.8. The number of aliphatic hydroxyl groups is 1. The van der Waals surface area contributed by atoms with Crippen LogP contribution in [0.25, 0.3) is 0 Å². The van der Waals surface area contributed by atoms with Gasteiger partial charge in [0.15, 0.2) is 0 Å². The number of aromatic hydroxyl groups is 1. The summed E-state index contributed by atoms with van der Waals surface area (Å²) in [6, 6.07) is 6.54. The third kappa shape index (κ3) is 4.75. The quantitative estimate of drug-likeness (QED) is 0.717. The average Bonchev–Trinajstić information content (AvgIpc) is 2.30. The minimum absolute atomic E-state index is 0.0648. The third-order valence-electron chi connectivity index (χ3n) is 2.68. The van der Waals surface area contributed by atoms with E-state index in [2.05, 4.69) is 5.32 Å². The van der Waals surface area contributed by atoms with Gasteiger partial charge in [0.1, 0.15) is 5.75 Å². The van der Waals surface area contributed by atoms with Crippen molar-refractivity contribution in [1.82, 2.24) is 5.32 Å². The molecule has 1 unspecified atom stereocenters. The lowest BCUT2D eigenvalue weighted by atomic mass is 10.0. The number of carbonyl (C=O) groups excluding carboxylic acids is 1. The molecular formula is C14H21NO3. The second-order valence-electron chi connectivity index (χ2n) is 4.88. The standard InChI is InChI=1S/C14H21NO3/c1-10(2)7-12(9-16)15-14(18)8-11-5-3-4-6-13(11)17/h3-6,10,12,16-17H,7-9H2,1-2H3,(H,15,18). The molecule has 0 saturated heterocycles. The van der Waals surface area contributed by atoms with Gasteiger partial charge in [-0.15, -0.1) is 0 Å². The van der Waals surface area contributed by atoms with Gasteiger partial charge in [-0.3, -0.25) is 4.79 Å². The fourth-order valence-electron chi connectivity index (χ4n) is 1.86. The molecule has 18 heavy (non-hydrogen) atoms. The van der Waals surface area contributed by atoms with E-state index in [4.69, 9.17) is 0 Å². The van der Waals surface area contributed by atoms with Crippen LogP contribution in [0.5, 0.6) is 5.75 Å². The van der Waals surface area contributed by atoms with E-state index in [1.54, 1.807) is 24.3 Å². The van der Waals surface area contributed by atoms with Crippen molar-refractivity contribution in [3.63, 3.8) is 0 Å². The van der Waals surface area contributed by atoms with E-state index >= 15 is 0 Å². The fraction of sp³-hybridized carbons (Fsp3) is 0.500. The molecule has 1 amide bonds. The number of phenols is 1. The summed E-state index contributed by atoms with van der Waals surface area (Å²) in [4.78, 5) is 11.8. The molecule has 1 atom stereocenters. The van der Waals surface area contributed by atoms with Gasteiger partial charge in [-0.05, 0) is 18.4 Å². The zero-order chi connectivity index (χ0) is 13.5. The predicted octanol–water partition coefficient (Wildman–Crippen LogP) is 1.46. The Morgan fingerprint density at radius 1 is 1.33 bits per heavy atom. The summed E-state index contributed by atoms with van der Waals surface area (Å²) in [5.74, 6) is 0.348. The molecule has 0 aromatic heterocycles. The van der Waals surface area contributed by atoms with E-state index in [0.29, 0.717) is 11.5 Å². The minimum Gasteiger partial charge on any atom is -0.508 e. The van der Waals surface area contributed by atoms with E-state index in [0.717, 1.165) is 6.42 Å². The van der Waals surface area contributed by atoms with Crippen LogP contribution in [0.1, 0.15) is 25.8 Å². The van der Waals surface area contributed by atoms with Crippen LogP contribution in [-0.2, 0) is 11.2 Å². The highest BCUT2D eigenvalue weighted by molar-refractivity contribution is 5.79. The Kier molecular flexibility index (Phi) is 5.65. The number of aliphatic hydroxyl groups excluding tert-OH is 1. The number of amides is 1. The van der Waals surface area contributed by atoms with Crippen molar-refractivity contribution in [2.45, 2.75) is 32.7 Å². The van der Waals surface area contributed by atoms with Crippen LogP contribution < -0.4 is 5.32 Å². The number of rotatable bonds is 6. The van der Waals surface area contributed by atoms with Crippen LogP contribution >= 0.6 is 0 Å². The summed E-state index contributed by atoms with van der Waals surface area (Å²) in [5, 5.41) is 21.5. The molecule has 4 nitrogen and oxygen atoms in total. The molecule has 1 aromatic rings. The molecule has 0 heterocycles. The van der Waals surface area contributed by atoms with Gasteiger partial charge in [-0.1, -0.05) is 32.0 Å². The highest BCUT2D eigenvalue weighted by Gasteiger charge is 2.14. The van der Waals surface area contributed by atoms with Crippen LogP contribution in [0.3, 0.4) is 0 Å². The third-order valence-corrected chi connectivity index (χ3v) is 2.68. The number of nitrogens with one attached hydrogen (secondary N) is 1.